The normalized spacial score (nSPS) is 12.0. The SMILES string of the molecule is CC(C)NCc1ccc(S(=O)(=O)NCc2ccno2)nc1. The fraction of sp³-hybridized carbons (Fsp3) is 0.385. The first-order valence-electron chi connectivity index (χ1n) is 6.55. The summed E-state index contributed by atoms with van der Waals surface area (Å²) in [4.78, 5) is 3.99. The van der Waals surface area contributed by atoms with E-state index in [0.717, 1.165) is 5.56 Å². The van der Waals surface area contributed by atoms with Crippen molar-refractivity contribution in [2.24, 2.45) is 0 Å². The smallest absolute Gasteiger partial charge is 0.258 e. The number of hydrogen-bond acceptors (Lipinski definition) is 6. The highest BCUT2D eigenvalue weighted by Gasteiger charge is 2.16. The molecule has 21 heavy (non-hydrogen) atoms. The average molecular weight is 310 g/mol. The monoisotopic (exact) mass is 310 g/mol. The molecule has 114 valence electrons. The molecule has 0 spiro atoms. The van der Waals surface area contributed by atoms with E-state index >= 15 is 0 Å². The number of aromatic nitrogens is 2. The summed E-state index contributed by atoms with van der Waals surface area (Å²) < 4.78 is 31.3. The predicted octanol–water partition coefficient (Wildman–Crippen LogP) is 1.05. The molecule has 0 saturated carbocycles. The number of nitrogens with zero attached hydrogens (tertiary/aromatic N) is 2. The van der Waals surface area contributed by atoms with Crippen molar-refractivity contribution in [3.05, 3.63) is 41.9 Å². The molecular weight excluding hydrogens is 292 g/mol. The van der Waals surface area contributed by atoms with Gasteiger partial charge in [-0.2, -0.15) is 0 Å². The maximum atomic E-state index is 12.1. The van der Waals surface area contributed by atoms with Crippen molar-refractivity contribution in [2.45, 2.75) is 38.0 Å². The predicted molar refractivity (Wildman–Crippen MR) is 76.7 cm³/mol. The van der Waals surface area contributed by atoms with Gasteiger partial charge in [0.05, 0.1) is 12.7 Å². The molecule has 0 aliphatic carbocycles. The summed E-state index contributed by atoms with van der Waals surface area (Å²) in [5.41, 5.74) is 0.929. The Morgan fingerprint density at radius 1 is 1.24 bits per heavy atom. The molecule has 0 atom stereocenters. The van der Waals surface area contributed by atoms with E-state index in [2.05, 4.69) is 20.2 Å². The van der Waals surface area contributed by atoms with Crippen LogP contribution in [0.4, 0.5) is 0 Å². The molecule has 7 nitrogen and oxygen atoms in total. The Balaban J connectivity index is 1.99. The van der Waals surface area contributed by atoms with Crippen LogP contribution in [-0.4, -0.2) is 24.6 Å². The van der Waals surface area contributed by atoms with Crippen LogP contribution in [0.2, 0.25) is 0 Å². The zero-order valence-corrected chi connectivity index (χ0v) is 12.7. The van der Waals surface area contributed by atoms with Crippen molar-refractivity contribution in [1.29, 1.82) is 0 Å². The van der Waals surface area contributed by atoms with Gasteiger partial charge in [-0.25, -0.2) is 18.1 Å². The van der Waals surface area contributed by atoms with Gasteiger partial charge in [0.15, 0.2) is 10.8 Å². The molecule has 0 amide bonds. The molecule has 2 heterocycles. The lowest BCUT2D eigenvalue weighted by molar-refractivity contribution is 0.380. The van der Waals surface area contributed by atoms with Crippen molar-refractivity contribution in [3.63, 3.8) is 0 Å². The molecule has 0 aromatic carbocycles. The minimum atomic E-state index is -3.65. The third kappa shape index (κ3) is 4.62. The van der Waals surface area contributed by atoms with Crippen molar-refractivity contribution in [2.75, 3.05) is 0 Å². The van der Waals surface area contributed by atoms with Gasteiger partial charge in [-0.1, -0.05) is 25.1 Å². The van der Waals surface area contributed by atoms with Crippen LogP contribution in [0.15, 0.2) is 40.1 Å². The van der Waals surface area contributed by atoms with Crippen molar-refractivity contribution >= 4 is 10.0 Å². The summed E-state index contributed by atoms with van der Waals surface area (Å²) >= 11 is 0. The fourth-order valence-electron chi connectivity index (χ4n) is 1.57. The number of rotatable bonds is 7. The molecule has 0 saturated heterocycles. The first-order chi connectivity index (χ1) is 9.97. The van der Waals surface area contributed by atoms with E-state index in [-0.39, 0.29) is 11.6 Å². The largest absolute Gasteiger partial charge is 0.360 e. The molecule has 0 aliphatic heterocycles. The fourth-order valence-corrected chi connectivity index (χ4v) is 2.49. The average Bonchev–Trinajstić information content (AvgIpc) is 2.97. The van der Waals surface area contributed by atoms with Gasteiger partial charge in [0, 0.05) is 24.8 Å². The van der Waals surface area contributed by atoms with Crippen LogP contribution in [0.25, 0.3) is 0 Å². The second kappa shape index (κ2) is 6.79. The molecule has 2 N–H and O–H groups in total. The van der Waals surface area contributed by atoms with Crippen LogP contribution < -0.4 is 10.0 Å². The number of nitrogens with one attached hydrogen (secondary N) is 2. The van der Waals surface area contributed by atoms with Gasteiger partial charge in [-0.3, -0.25) is 0 Å². The third-order valence-corrected chi connectivity index (χ3v) is 4.03. The topological polar surface area (TPSA) is 97.1 Å². The minimum Gasteiger partial charge on any atom is -0.360 e. The lowest BCUT2D eigenvalue weighted by Gasteiger charge is -2.08. The maximum Gasteiger partial charge on any atom is 0.258 e. The highest BCUT2D eigenvalue weighted by Crippen LogP contribution is 2.08. The van der Waals surface area contributed by atoms with Crippen LogP contribution in [0, 0.1) is 0 Å². The summed E-state index contributed by atoms with van der Waals surface area (Å²) in [6, 6.07) is 5.18. The third-order valence-electron chi connectivity index (χ3n) is 2.72. The lowest BCUT2D eigenvalue weighted by Crippen LogP contribution is -2.24. The summed E-state index contributed by atoms with van der Waals surface area (Å²) in [5.74, 6) is 0.441. The Morgan fingerprint density at radius 2 is 2.05 bits per heavy atom. The highest BCUT2D eigenvalue weighted by atomic mass is 32.2. The van der Waals surface area contributed by atoms with E-state index in [1.807, 2.05) is 13.8 Å². The number of pyridine rings is 1. The van der Waals surface area contributed by atoms with Crippen molar-refractivity contribution in [1.82, 2.24) is 20.2 Å². The first kappa shape index (κ1) is 15.6. The van der Waals surface area contributed by atoms with Crippen LogP contribution in [0.3, 0.4) is 0 Å². The quantitative estimate of drug-likeness (QED) is 0.793. The van der Waals surface area contributed by atoms with Crippen molar-refractivity contribution in [3.8, 4) is 0 Å². The molecule has 2 aromatic heterocycles. The second-order valence-electron chi connectivity index (χ2n) is 4.84. The number of hydrogen-bond donors (Lipinski definition) is 2. The molecule has 0 unspecified atom stereocenters. The van der Waals surface area contributed by atoms with Gasteiger partial charge in [-0.05, 0) is 11.6 Å². The standard InChI is InChI=1S/C13H18N4O3S/c1-10(2)14-7-11-3-4-13(15-8-11)21(18,19)17-9-12-5-6-16-20-12/h3-6,8,10,14,17H,7,9H2,1-2H3. The van der Waals surface area contributed by atoms with Crippen LogP contribution in [0.1, 0.15) is 25.2 Å². The van der Waals surface area contributed by atoms with E-state index < -0.39 is 10.0 Å². The van der Waals surface area contributed by atoms with E-state index in [1.165, 1.54) is 12.3 Å². The zero-order chi connectivity index (χ0) is 15.3. The Kier molecular flexibility index (Phi) is 5.05. The van der Waals surface area contributed by atoms with Crippen LogP contribution in [-0.2, 0) is 23.1 Å². The second-order valence-corrected chi connectivity index (χ2v) is 6.56. The maximum absolute atomic E-state index is 12.1. The summed E-state index contributed by atoms with van der Waals surface area (Å²) in [7, 11) is -3.65. The Bertz CT molecular complexity index is 651. The summed E-state index contributed by atoms with van der Waals surface area (Å²) in [6.45, 7) is 4.77. The molecule has 2 rings (SSSR count). The molecule has 0 fully saturated rings. The lowest BCUT2D eigenvalue weighted by atomic mass is 10.2. The van der Waals surface area contributed by atoms with Gasteiger partial charge in [0.25, 0.3) is 10.0 Å². The van der Waals surface area contributed by atoms with Crippen LogP contribution in [0.5, 0.6) is 0 Å². The molecular formula is C13H18N4O3S. The first-order valence-corrected chi connectivity index (χ1v) is 8.03. The minimum absolute atomic E-state index is 0.0182. The molecule has 0 radical (unpaired) electrons. The van der Waals surface area contributed by atoms with Crippen LogP contribution >= 0.6 is 0 Å². The Hall–Kier alpha value is -1.77. The van der Waals surface area contributed by atoms with Gasteiger partial charge in [-0.15, -0.1) is 0 Å². The van der Waals surface area contributed by atoms with Gasteiger partial charge >= 0.3 is 0 Å². The molecule has 2 aromatic rings. The van der Waals surface area contributed by atoms with Gasteiger partial charge in [0.2, 0.25) is 0 Å². The van der Waals surface area contributed by atoms with Gasteiger partial charge in [0.1, 0.15) is 0 Å². The van der Waals surface area contributed by atoms with E-state index in [4.69, 9.17) is 4.52 Å². The Morgan fingerprint density at radius 3 is 2.62 bits per heavy atom. The molecule has 0 aliphatic rings. The number of sulfonamides is 1. The van der Waals surface area contributed by atoms with E-state index in [1.54, 1.807) is 18.3 Å². The molecule has 0 bridgehead atoms. The Labute approximate surface area is 123 Å². The van der Waals surface area contributed by atoms with Crippen molar-refractivity contribution < 1.29 is 12.9 Å². The van der Waals surface area contributed by atoms with Gasteiger partial charge < -0.3 is 9.84 Å². The summed E-state index contributed by atoms with van der Waals surface area (Å²) in [6.07, 6.45) is 3.01. The van der Waals surface area contributed by atoms with E-state index in [0.29, 0.717) is 18.3 Å². The zero-order valence-electron chi connectivity index (χ0n) is 11.9. The van der Waals surface area contributed by atoms with E-state index in [9.17, 15) is 8.42 Å². The molecule has 8 heteroatoms. The summed E-state index contributed by atoms with van der Waals surface area (Å²) in [5, 5.41) is 6.73. The highest BCUT2D eigenvalue weighted by molar-refractivity contribution is 7.89.